The fraction of sp³-hybridized carbons (Fsp3) is 0.148. The average molecular weight is 446 g/mol. The Labute approximate surface area is 194 Å². The van der Waals surface area contributed by atoms with Crippen molar-refractivity contribution in [1.82, 2.24) is 0 Å². The first-order valence-electron chi connectivity index (χ1n) is 10.3. The molecule has 0 aromatic heterocycles. The quantitative estimate of drug-likeness (QED) is 0.346. The van der Waals surface area contributed by atoms with Crippen LogP contribution in [-0.2, 0) is 4.79 Å². The zero-order valence-corrected chi connectivity index (χ0v) is 19.1. The molecule has 0 aliphatic heterocycles. The van der Waals surface area contributed by atoms with Crippen molar-refractivity contribution >= 4 is 29.8 Å². The van der Waals surface area contributed by atoms with Crippen LogP contribution in [0.3, 0.4) is 0 Å². The number of benzene rings is 3. The van der Waals surface area contributed by atoms with Gasteiger partial charge in [0.15, 0.2) is 11.5 Å². The SMILES string of the molecule is COc1ccc(/C=C/C(=O)Nc2ccccc2C=Cc2cc(OC)c(OC)c(OC)c2)cc1. The minimum Gasteiger partial charge on any atom is -0.497 e. The van der Waals surface area contributed by atoms with Crippen molar-refractivity contribution in [3.63, 3.8) is 0 Å². The summed E-state index contributed by atoms with van der Waals surface area (Å²) in [5, 5.41) is 2.93. The zero-order valence-electron chi connectivity index (χ0n) is 19.1. The average Bonchev–Trinajstić information content (AvgIpc) is 2.86. The van der Waals surface area contributed by atoms with Gasteiger partial charge >= 0.3 is 0 Å². The standard InChI is InChI=1S/C27H27NO5/c1-30-22-14-10-19(11-15-22)12-16-26(29)28-23-8-6-5-7-21(23)13-9-20-17-24(31-2)27(33-4)25(18-20)32-3/h5-18H,1-4H3,(H,28,29)/b13-9?,16-12+. The Bertz CT molecular complexity index is 1120. The highest BCUT2D eigenvalue weighted by Gasteiger charge is 2.12. The van der Waals surface area contributed by atoms with Gasteiger partial charge in [0.05, 0.1) is 28.4 Å². The van der Waals surface area contributed by atoms with Gasteiger partial charge in [0.25, 0.3) is 0 Å². The van der Waals surface area contributed by atoms with Crippen LogP contribution >= 0.6 is 0 Å². The number of rotatable bonds is 9. The highest BCUT2D eigenvalue weighted by Crippen LogP contribution is 2.38. The molecular weight excluding hydrogens is 418 g/mol. The van der Waals surface area contributed by atoms with E-state index in [4.69, 9.17) is 18.9 Å². The van der Waals surface area contributed by atoms with Gasteiger partial charge in [-0.05, 0) is 53.1 Å². The molecule has 0 atom stereocenters. The molecule has 3 aromatic carbocycles. The van der Waals surface area contributed by atoms with E-state index in [2.05, 4.69) is 5.32 Å². The topological polar surface area (TPSA) is 66.0 Å². The lowest BCUT2D eigenvalue weighted by atomic mass is 10.1. The second-order valence-corrected chi connectivity index (χ2v) is 6.98. The number of anilines is 1. The molecule has 6 nitrogen and oxygen atoms in total. The van der Waals surface area contributed by atoms with Crippen LogP contribution in [-0.4, -0.2) is 34.3 Å². The summed E-state index contributed by atoms with van der Waals surface area (Å²) in [6, 6.07) is 18.8. The Kier molecular flexibility index (Phi) is 8.13. The van der Waals surface area contributed by atoms with Crippen molar-refractivity contribution in [2.24, 2.45) is 0 Å². The molecule has 0 unspecified atom stereocenters. The molecule has 0 fully saturated rings. The van der Waals surface area contributed by atoms with Gasteiger partial charge in [0.2, 0.25) is 11.7 Å². The van der Waals surface area contributed by atoms with Gasteiger partial charge in [-0.15, -0.1) is 0 Å². The van der Waals surface area contributed by atoms with E-state index in [1.54, 1.807) is 34.5 Å². The lowest BCUT2D eigenvalue weighted by molar-refractivity contribution is -0.111. The second-order valence-electron chi connectivity index (χ2n) is 6.98. The predicted octanol–water partition coefficient (Wildman–Crippen LogP) is 5.54. The van der Waals surface area contributed by atoms with E-state index in [9.17, 15) is 4.79 Å². The van der Waals surface area contributed by atoms with Gasteiger partial charge in [0.1, 0.15) is 5.75 Å². The fourth-order valence-corrected chi connectivity index (χ4v) is 3.20. The molecule has 0 radical (unpaired) electrons. The summed E-state index contributed by atoms with van der Waals surface area (Å²) in [5.41, 5.74) is 3.33. The smallest absolute Gasteiger partial charge is 0.248 e. The van der Waals surface area contributed by atoms with Crippen molar-refractivity contribution < 1.29 is 23.7 Å². The number of hydrogen-bond acceptors (Lipinski definition) is 5. The summed E-state index contributed by atoms with van der Waals surface area (Å²) >= 11 is 0. The van der Waals surface area contributed by atoms with Gasteiger partial charge in [-0.1, -0.05) is 42.5 Å². The number of carbonyl (C=O) groups is 1. The number of hydrogen-bond donors (Lipinski definition) is 1. The minimum absolute atomic E-state index is 0.223. The summed E-state index contributed by atoms with van der Waals surface area (Å²) < 4.78 is 21.3. The molecular formula is C27H27NO5. The molecule has 170 valence electrons. The van der Waals surface area contributed by atoms with E-state index in [1.807, 2.05) is 72.8 Å². The molecule has 1 amide bonds. The molecule has 0 aliphatic carbocycles. The van der Waals surface area contributed by atoms with Gasteiger partial charge in [-0.2, -0.15) is 0 Å². The molecule has 0 bridgehead atoms. The Hall–Kier alpha value is -4.19. The normalized spacial score (nSPS) is 10.9. The molecule has 33 heavy (non-hydrogen) atoms. The summed E-state index contributed by atoms with van der Waals surface area (Å²) in [4.78, 5) is 12.5. The number of ether oxygens (including phenoxy) is 4. The van der Waals surface area contributed by atoms with Crippen molar-refractivity contribution in [2.75, 3.05) is 33.8 Å². The van der Waals surface area contributed by atoms with Crippen LogP contribution < -0.4 is 24.3 Å². The maximum absolute atomic E-state index is 12.5. The number of carbonyl (C=O) groups excluding carboxylic acids is 1. The van der Waals surface area contributed by atoms with E-state index in [-0.39, 0.29) is 5.91 Å². The molecule has 6 heteroatoms. The Balaban J connectivity index is 1.77. The van der Waals surface area contributed by atoms with Crippen LogP contribution in [0.15, 0.2) is 66.7 Å². The predicted molar refractivity (Wildman–Crippen MR) is 132 cm³/mol. The highest BCUT2D eigenvalue weighted by molar-refractivity contribution is 6.03. The van der Waals surface area contributed by atoms with Crippen molar-refractivity contribution in [3.05, 3.63) is 83.4 Å². The van der Waals surface area contributed by atoms with Crippen LogP contribution in [0.2, 0.25) is 0 Å². The largest absolute Gasteiger partial charge is 0.497 e. The van der Waals surface area contributed by atoms with Crippen LogP contribution in [0.1, 0.15) is 16.7 Å². The third kappa shape index (κ3) is 6.17. The molecule has 0 saturated heterocycles. The second kappa shape index (κ2) is 11.4. The van der Waals surface area contributed by atoms with Gasteiger partial charge in [0, 0.05) is 11.8 Å². The molecule has 3 rings (SSSR count). The third-order valence-corrected chi connectivity index (χ3v) is 4.90. The van der Waals surface area contributed by atoms with E-state index in [0.717, 1.165) is 22.4 Å². The number of methoxy groups -OCH3 is 4. The molecule has 0 saturated carbocycles. The molecule has 1 N–H and O–H groups in total. The molecule has 0 heterocycles. The third-order valence-electron chi connectivity index (χ3n) is 4.90. The lowest BCUT2D eigenvalue weighted by Gasteiger charge is -2.13. The Morgan fingerprint density at radius 3 is 2.00 bits per heavy atom. The van der Waals surface area contributed by atoms with Crippen LogP contribution in [0.4, 0.5) is 5.69 Å². The van der Waals surface area contributed by atoms with Crippen LogP contribution in [0, 0.1) is 0 Å². The first-order valence-corrected chi connectivity index (χ1v) is 10.3. The molecule has 0 spiro atoms. The maximum Gasteiger partial charge on any atom is 0.248 e. The maximum atomic E-state index is 12.5. The minimum atomic E-state index is -0.223. The number of nitrogens with one attached hydrogen (secondary N) is 1. The lowest BCUT2D eigenvalue weighted by Crippen LogP contribution is -2.08. The number of amides is 1. The fourth-order valence-electron chi connectivity index (χ4n) is 3.20. The molecule has 3 aromatic rings. The van der Waals surface area contributed by atoms with Gasteiger partial charge in [-0.3, -0.25) is 4.79 Å². The Morgan fingerprint density at radius 2 is 1.39 bits per heavy atom. The van der Waals surface area contributed by atoms with Crippen molar-refractivity contribution in [1.29, 1.82) is 0 Å². The van der Waals surface area contributed by atoms with Crippen molar-refractivity contribution in [3.8, 4) is 23.0 Å². The van der Waals surface area contributed by atoms with Gasteiger partial charge < -0.3 is 24.3 Å². The van der Waals surface area contributed by atoms with Crippen LogP contribution in [0.5, 0.6) is 23.0 Å². The zero-order chi connectivity index (χ0) is 23.6. The summed E-state index contributed by atoms with van der Waals surface area (Å²) in [6.07, 6.45) is 7.09. The summed E-state index contributed by atoms with van der Waals surface area (Å²) in [7, 11) is 6.34. The van der Waals surface area contributed by atoms with E-state index < -0.39 is 0 Å². The van der Waals surface area contributed by atoms with Crippen LogP contribution in [0.25, 0.3) is 18.2 Å². The highest BCUT2D eigenvalue weighted by atomic mass is 16.5. The first-order chi connectivity index (χ1) is 16.1. The van der Waals surface area contributed by atoms with Gasteiger partial charge in [-0.25, -0.2) is 0 Å². The van der Waals surface area contributed by atoms with E-state index in [0.29, 0.717) is 22.9 Å². The summed E-state index contributed by atoms with van der Waals surface area (Å²) in [6.45, 7) is 0. The Morgan fingerprint density at radius 1 is 0.727 bits per heavy atom. The van der Waals surface area contributed by atoms with E-state index >= 15 is 0 Å². The number of para-hydroxylation sites is 1. The van der Waals surface area contributed by atoms with Crippen molar-refractivity contribution in [2.45, 2.75) is 0 Å². The first kappa shape index (κ1) is 23.5. The van der Waals surface area contributed by atoms with E-state index in [1.165, 1.54) is 6.08 Å². The molecule has 0 aliphatic rings. The summed E-state index contributed by atoms with van der Waals surface area (Å²) in [5.74, 6) is 2.22. The monoisotopic (exact) mass is 445 g/mol.